The number of benzene rings is 1. The van der Waals surface area contributed by atoms with E-state index < -0.39 is 0 Å². The highest BCUT2D eigenvalue weighted by molar-refractivity contribution is 14.0. The summed E-state index contributed by atoms with van der Waals surface area (Å²) in [5, 5.41) is 0. The molecule has 0 amide bonds. The molecule has 3 rings (SSSR count). The lowest BCUT2D eigenvalue weighted by molar-refractivity contribution is 0.122. The van der Waals surface area contributed by atoms with Crippen molar-refractivity contribution in [1.29, 1.82) is 0 Å². The number of guanidine groups is 1. The molecule has 0 aromatic heterocycles. The lowest BCUT2D eigenvalue weighted by atomic mass is 10.1. The van der Waals surface area contributed by atoms with Gasteiger partial charge in [-0.15, -0.1) is 24.0 Å². The number of hydrogen-bond acceptors (Lipinski definition) is 3. The van der Waals surface area contributed by atoms with Crippen LogP contribution in [-0.4, -0.2) is 50.3 Å². The predicted octanol–water partition coefficient (Wildman–Crippen LogP) is 2.83. The molecule has 0 bridgehead atoms. The van der Waals surface area contributed by atoms with Crippen molar-refractivity contribution in [2.45, 2.75) is 32.2 Å². The van der Waals surface area contributed by atoms with Gasteiger partial charge in [0.05, 0.1) is 19.8 Å². The molecule has 0 spiro atoms. The maximum absolute atomic E-state index is 6.24. The third-order valence-corrected chi connectivity index (χ3v) is 4.68. The third kappa shape index (κ3) is 5.24. The maximum atomic E-state index is 6.24. The summed E-state index contributed by atoms with van der Waals surface area (Å²) in [5.41, 5.74) is 8.75. The highest BCUT2D eigenvalue weighted by atomic mass is 127. The second-order valence-corrected chi connectivity index (χ2v) is 6.30. The van der Waals surface area contributed by atoms with Crippen molar-refractivity contribution in [3.63, 3.8) is 0 Å². The predicted molar refractivity (Wildman–Crippen MR) is 110 cm³/mol. The first kappa shape index (κ1) is 19.3. The van der Waals surface area contributed by atoms with Crippen LogP contribution in [-0.2, 0) is 11.3 Å². The molecule has 2 saturated heterocycles. The summed E-state index contributed by atoms with van der Waals surface area (Å²) in [4.78, 5) is 9.30. The summed E-state index contributed by atoms with van der Waals surface area (Å²) in [6.45, 7) is 6.22. The molecule has 5 nitrogen and oxygen atoms in total. The molecule has 2 heterocycles. The van der Waals surface area contributed by atoms with E-state index in [1.165, 1.54) is 36.9 Å². The molecule has 2 N–H and O–H groups in total. The Hall–Kier alpha value is -1.02. The fourth-order valence-electron chi connectivity index (χ4n) is 3.32. The number of nitrogens with two attached hydrogens (primary N) is 1. The number of anilines is 1. The van der Waals surface area contributed by atoms with Gasteiger partial charge in [-0.1, -0.05) is 31.0 Å². The monoisotopic (exact) mass is 444 g/mol. The largest absolute Gasteiger partial charge is 0.378 e. The van der Waals surface area contributed by atoms with Crippen molar-refractivity contribution in [1.82, 2.24) is 4.90 Å². The van der Waals surface area contributed by atoms with Gasteiger partial charge >= 0.3 is 0 Å². The highest BCUT2D eigenvalue weighted by Gasteiger charge is 2.15. The van der Waals surface area contributed by atoms with Crippen LogP contribution in [0, 0.1) is 0 Å². The minimum atomic E-state index is 0. The van der Waals surface area contributed by atoms with Gasteiger partial charge in [-0.2, -0.15) is 0 Å². The first-order valence-electron chi connectivity index (χ1n) is 8.80. The smallest absolute Gasteiger partial charge is 0.191 e. The summed E-state index contributed by atoms with van der Waals surface area (Å²) >= 11 is 0. The topological polar surface area (TPSA) is 54.1 Å². The standard InChI is InChI=1S/C18H28N4O.HI/c19-18(22-9-5-1-2-6-10-22)20-15-16-7-3-4-8-17(16)21-11-13-23-14-12-21;/h3-4,7-8H,1-2,5-6,9-15H2,(H2,19,20);1H. The number of hydrogen-bond donors (Lipinski definition) is 1. The molecule has 0 atom stereocenters. The molecular formula is C18H29IN4O. The van der Waals surface area contributed by atoms with Crippen LogP contribution in [0.3, 0.4) is 0 Å². The second kappa shape index (κ2) is 10.1. The molecule has 2 fully saturated rings. The molecule has 24 heavy (non-hydrogen) atoms. The zero-order valence-corrected chi connectivity index (χ0v) is 16.7. The van der Waals surface area contributed by atoms with Gasteiger partial charge < -0.3 is 20.3 Å². The molecule has 0 unspecified atom stereocenters. The van der Waals surface area contributed by atoms with Crippen molar-refractivity contribution in [2.75, 3.05) is 44.3 Å². The first-order chi connectivity index (χ1) is 11.3. The SMILES string of the molecule is I.NC(=NCc1ccccc1N1CCOCC1)N1CCCCCC1. The van der Waals surface area contributed by atoms with Crippen LogP contribution in [0.4, 0.5) is 5.69 Å². The Morgan fingerprint density at radius 3 is 2.38 bits per heavy atom. The minimum Gasteiger partial charge on any atom is -0.378 e. The fourth-order valence-corrected chi connectivity index (χ4v) is 3.32. The Labute approximate surface area is 162 Å². The van der Waals surface area contributed by atoms with Crippen LogP contribution in [0.15, 0.2) is 29.3 Å². The van der Waals surface area contributed by atoms with E-state index in [9.17, 15) is 0 Å². The molecule has 0 aliphatic carbocycles. The van der Waals surface area contributed by atoms with Gasteiger partial charge in [-0.25, -0.2) is 4.99 Å². The number of halogens is 1. The Morgan fingerprint density at radius 2 is 1.67 bits per heavy atom. The first-order valence-corrected chi connectivity index (χ1v) is 8.80. The van der Waals surface area contributed by atoms with E-state index in [0.29, 0.717) is 12.5 Å². The van der Waals surface area contributed by atoms with Crippen LogP contribution in [0.25, 0.3) is 0 Å². The van der Waals surface area contributed by atoms with Crippen LogP contribution >= 0.6 is 24.0 Å². The van der Waals surface area contributed by atoms with Gasteiger partial charge in [0.1, 0.15) is 0 Å². The summed E-state index contributed by atoms with van der Waals surface area (Å²) in [5.74, 6) is 0.698. The molecule has 0 saturated carbocycles. The molecule has 0 radical (unpaired) electrons. The van der Waals surface area contributed by atoms with Crippen molar-refractivity contribution in [3.05, 3.63) is 29.8 Å². The van der Waals surface area contributed by atoms with Gasteiger partial charge in [-0.3, -0.25) is 0 Å². The molecule has 6 heteroatoms. The minimum absolute atomic E-state index is 0. The van der Waals surface area contributed by atoms with E-state index in [1.807, 2.05) is 0 Å². The molecule has 2 aliphatic rings. The molecular weight excluding hydrogens is 415 g/mol. The Balaban J connectivity index is 0.00000208. The van der Waals surface area contributed by atoms with E-state index in [-0.39, 0.29) is 24.0 Å². The summed E-state index contributed by atoms with van der Waals surface area (Å²) < 4.78 is 5.45. The normalized spacial score (nSPS) is 19.6. The number of morpholine rings is 1. The van der Waals surface area contributed by atoms with Crippen LogP contribution in [0.5, 0.6) is 0 Å². The number of likely N-dealkylation sites (tertiary alicyclic amines) is 1. The quantitative estimate of drug-likeness (QED) is 0.443. The van der Waals surface area contributed by atoms with Crippen molar-refractivity contribution in [3.8, 4) is 0 Å². The molecule has 1 aromatic rings. The zero-order chi connectivity index (χ0) is 15.9. The lowest BCUT2D eigenvalue weighted by Gasteiger charge is -2.30. The average Bonchev–Trinajstić information content (AvgIpc) is 2.90. The van der Waals surface area contributed by atoms with E-state index in [2.05, 4.69) is 39.1 Å². The zero-order valence-electron chi connectivity index (χ0n) is 14.3. The van der Waals surface area contributed by atoms with Gasteiger partial charge in [0.25, 0.3) is 0 Å². The number of aliphatic imine (C=N–C) groups is 1. The Bertz CT molecular complexity index is 524. The van der Waals surface area contributed by atoms with Crippen molar-refractivity contribution in [2.24, 2.45) is 10.7 Å². The summed E-state index contributed by atoms with van der Waals surface area (Å²) in [6, 6.07) is 8.51. The summed E-state index contributed by atoms with van der Waals surface area (Å²) in [7, 11) is 0. The van der Waals surface area contributed by atoms with E-state index in [0.717, 1.165) is 39.4 Å². The van der Waals surface area contributed by atoms with Crippen molar-refractivity contribution >= 4 is 35.6 Å². The van der Waals surface area contributed by atoms with Crippen molar-refractivity contribution < 1.29 is 4.74 Å². The fraction of sp³-hybridized carbons (Fsp3) is 0.611. The Morgan fingerprint density at radius 1 is 1.00 bits per heavy atom. The van der Waals surface area contributed by atoms with Gasteiger partial charge in [0, 0.05) is 31.9 Å². The van der Waals surface area contributed by atoms with E-state index in [4.69, 9.17) is 10.5 Å². The highest BCUT2D eigenvalue weighted by Crippen LogP contribution is 2.22. The van der Waals surface area contributed by atoms with Gasteiger partial charge in [-0.05, 0) is 24.5 Å². The molecule has 1 aromatic carbocycles. The second-order valence-electron chi connectivity index (χ2n) is 6.30. The maximum Gasteiger partial charge on any atom is 0.191 e. The number of rotatable bonds is 3. The van der Waals surface area contributed by atoms with Crippen LogP contribution in [0.2, 0.25) is 0 Å². The number of ether oxygens (including phenoxy) is 1. The number of nitrogens with zero attached hydrogens (tertiary/aromatic N) is 3. The van der Waals surface area contributed by atoms with Gasteiger partial charge in [0.2, 0.25) is 0 Å². The lowest BCUT2D eigenvalue weighted by Crippen LogP contribution is -2.38. The Kier molecular flexibility index (Phi) is 8.11. The third-order valence-electron chi connectivity index (χ3n) is 4.68. The van der Waals surface area contributed by atoms with Gasteiger partial charge in [0.15, 0.2) is 5.96 Å². The van der Waals surface area contributed by atoms with E-state index in [1.54, 1.807) is 0 Å². The number of para-hydroxylation sites is 1. The van der Waals surface area contributed by atoms with Crippen LogP contribution in [0.1, 0.15) is 31.2 Å². The average molecular weight is 444 g/mol. The molecule has 134 valence electrons. The van der Waals surface area contributed by atoms with E-state index >= 15 is 0 Å². The van der Waals surface area contributed by atoms with Crippen LogP contribution < -0.4 is 10.6 Å². The summed E-state index contributed by atoms with van der Waals surface area (Å²) in [6.07, 6.45) is 5.06. The molecule has 2 aliphatic heterocycles.